The van der Waals surface area contributed by atoms with Crippen LogP contribution in [0.25, 0.3) is 0 Å². The van der Waals surface area contributed by atoms with E-state index in [1.165, 1.54) is 18.2 Å². The highest BCUT2D eigenvalue weighted by Crippen LogP contribution is 2.26. The van der Waals surface area contributed by atoms with Gasteiger partial charge < -0.3 is 15.2 Å². The maximum Gasteiger partial charge on any atom is 0.446 e. The second kappa shape index (κ2) is 5.81. The monoisotopic (exact) mass is 308 g/mol. The third-order valence-electron chi connectivity index (χ3n) is 2.50. The van der Waals surface area contributed by atoms with Crippen molar-refractivity contribution in [3.8, 4) is 5.75 Å². The van der Waals surface area contributed by atoms with E-state index < -0.39 is 10.4 Å². The van der Waals surface area contributed by atoms with Crippen molar-refractivity contribution in [2.45, 2.75) is 0 Å². The van der Waals surface area contributed by atoms with E-state index in [2.05, 4.69) is 9.50 Å². The predicted molar refractivity (Wildman–Crippen MR) is 77.4 cm³/mol. The van der Waals surface area contributed by atoms with E-state index in [1.807, 2.05) is 0 Å². The van der Waals surface area contributed by atoms with Gasteiger partial charge in [-0.1, -0.05) is 18.2 Å². The maximum absolute atomic E-state index is 11.9. The van der Waals surface area contributed by atoms with E-state index >= 15 is 0 Å². The zero-order valence-corrected chi connectivity index (χ0v) is 11.5. The summed E-state index contributed by atoms with van der Waals surface area (Å²) in [5.74, 6) is -0.651. The van der Waals surface area contributed by atoms with Crippen LogP contribution in [-0.2, 0) is 10.4 Å². The summed E-state index contributed by atoms with van der Waals surface area (Å²) >= 11 is 0. The summed E-state index contributed by atoms with van der Waals surface area (Å²) in [4.78, 5) is 11.9. The molecule has 8 heteroatoms. The first-order valence-corrected chi connectivity index (χ1v) is 7.14. The number of rotatable bonds is 4. The third-order valence-corrected chi connectivity index (χ3v) is 2.89. The number of nitrogens with two attached hydrogens (primary N) is 1. The molecule has 0 aliphatic rings. The van der Waals surface area contributed by atoms with Gasteiger partial charge in [0.05, 0.1) is 5.69 Å². The molecule has 21 heavy (non-hydrogen) atoms. The van der Waals surface area contributed by atoms with Gasteiger partial charge in [0.15, 0.2) is 5.75 Å². The highest BCUT2D eigenvalue weighted by atomic mass is 32.3. The van der Waals surface area contributed by atoms with Gasteiger partial charge in [-0.3, -0.25) is 9.35 Å². The third kappa shape index (κ3) is 4.20. The molecule has 0 heterocycles. The van der Waals surface area contributed by atoms with E-state index in [1.54, 1.807) is 30.3 Å². The number of carbonyl (C=O) groups excluding carboxylic acids is 1. The minimum Gasteiger partial charge on any atom is -0.396 e. The molecule has 0 bridgehead atoms. The summed E-state index contributed by atoms with van der Waals surface area (Å²) in [6.45, 7) is 0. The average Bonchev–Trinajstić information content (AvgIpc) is 2.42. The lowest BCUT2D eigenvalue weighted by molar-refractivity contribution is 0.102. The molecule has 2 aromatic carbocycles. The molecule has 2 aromatic rings. The number of benzene rings is 2. The van der Waals surface area contributed by atoms with Crippen molar-refractivity contribution in [1.29, 1.82) is 0 Å². The molecule has 0 unspecified atom stereocenters. The van der Waals surface area contributed by atoms with Crippen molar-refractivity contribution < 1.29 is 21.9 Å². The van der Waals surface area contributed by atoms with Crippen molar-refractivity contribution in [3.05, 3.63) is 54.1 Å². The number of hydrogen-bond donors (Lipinski definition) is 3. The van der Waals surface area contributed by atoms with Crippen LogP contribution in [0.5, 0.6) is 5.75 Å². The number of nitrogens with one attached hydrogen (secondary N) is 1. The van der Waals surface area contributed by atoms with Crippen LogP contribution >= 0.6 is 0 Å². The number of amides is 1. The van der Waals surface area contributed by atoms with Crippen LogP contribution < -0.4 is 15.2 Å². The lowest BCUT2D eigenvalue weighted by Crippen LogP contribution is -2.13. The minimum absolute atomic E-state index is 0.00494. The number of carbonyl (C=O) groups is 1. The van der Waals surface area contributed by atoms with Crippen molar-refractivity contribution in [2.75, 3.05) is 11.1 Å². The van der Waals surface area contributed by atoms with Crippen LogP contribution in [0.1, 0.15) is 10.4 Å². The van der Waals surface area contributed by atoms with E-state index in [0.717, 1.165) is 0 Å². The summed E-state index contributed by atoms with van der Waals surface area (Å²) < 4.78 is 34.4. The fraction of sp³-hybridized carbons (Fsp3) is 0. The Labute approximate surface area is 121 Å². The SMILES string of the molecule is Nc1ccc(NC(=O)c2ccccc2)cc1OS(=O)(=O)O. The average molecular weight is 308 g/mol. The highest BCUT2D eigenvalue weighted by molar-refractivity contribution is 7.81. The van der Waals surface area contributed by atoms with Crippen LogP contribution in [0.4, 0.5) is 11.4 Å². The summed E-state index contributed by atoms with van der Waals surface area (Å²) in [6, 6.07) is 12.5. The molecule has 0 atom stereocenters. The molecule has 0 saturated heterocycles. The Bertz CT molecular complexity index is 759. The standard InChI is InChI=1S/C13H12N2O5S/c14-11-7-6-10(8-12(11)20-21(17,18)19)15-13(16)9-4-2-1-3-5-9/h1-8H,14H2,(H,15,16)(H,17,18,19). The quantitative estimate of drug-likeness (QED) is 0.584. The molecule has 0 aliphatic carbocycles. The fourth-order valence-corrected chi connectivity index (χ4v) is 1.96. The van der Waals surface area contributed by atoms with Gasteiger partial charge in [-0.2, -0.15) is 8.42 Å². The van der Waals surface area contributed by atoms with Gasteiger partial charge in [-0.25, -0.2) is 0 Å². The molecular formula is C13H12N2O5S. The second-order valence-electron chi connectivity index (χ2n) is 4.08. The normalized spacial score (nSPS) is 10.9. The lowest BCUT2D eigenvalue weighted by atomic mass is 10.2. The number of anilines is 2. The molecule has 0 saturated carbocycles. The Morgan fingerprint density at radius 1 is 1.14 bits per heavy atom. The van der Waals surface area contributed by atoms with Gasteiger partial charge in [0.1, 0.15) is 0 Å². The van der Waals surface area contributed by atoms with Crippen LogP contribution in [0, 0.1) is 0 Å². The van der Waals surface area contributed by atoms with Crippen molar-refractivity contribution in [1.82, 2.24) is 0 Å². The Balaban J connectivity index is 2.22. The van der Waals surface area contributed by atoms with E-state index in [-0.39, 0.29) is 23.0 Å². The van der Waals surface area contributed by atoms with Crippen LogP contribution in [0.2, 0.25) is 0 Å². The first-order chi connectivity index (χ1) is 9.85. The summed E-state index contributed by atoms with van der Waals surface area (Å²) in [5.41, 5.74) is 6.24. The second-order valence-corrected chi connectivity index (χ2v) is 5.11. The van der Waals surface area contributed by atoms with Crippen LogP contribution in [0.3, 0.4) is 0 Å². The number of hydrogen-bond acceptors (Lipinski definition) is 5. The first-order valence-electron chi connectivity index (χ1n) is 5.78. The Hall–Kier alpha value is -2.58. The zero-order chi connectivity index (χ0) is 15.5. The van der Waals surface area contributed by atoms with E-state index in [0.29, 0.717) is 5.56 Å². The molecule has 7 nitrogen and oxygen atoms in total. The highest BCUT2D eigenvalue weighted by Gasteiger charge is 2.12. The summed E-state index contributed by atoms with van der Waals surface area (Å²) in [7, 11) is -4.69. The van der Waals surface area contributed by atoms with E-state index in [4.69, 9.17) is 10.3 Å². The van der Waals surface area contributed by atoms with Gasteiger partial charge in [0.25, 0.3) is 5.91 Å². The lowest BCUT2D eigenvalue weighted by Gasteiger charge is -2.09. The van der Waals surface area contributed by atoms with Crippen LogP contribution in [-0.4, -0.2) is 18.9 Å². The fourth-order valence-electron chi connectivity index (χ4n) is 1.59. The predicted octanol–water partition coefficient (Wildman–Crippen LogP) is 1.70. The maximum atomic E-state index is 11.9. The minimum atomic E-state index is -4.69. The summed E-state index contributed by atoms with van der Waals surface area (Å²) in [5, 5.41) is 2.56. The van der Waals surface area contributed by atoms with E-state index in [9.17, 15) is 13.2 Å². The van der Waals surface area contributed by atoms with Crippen molar-refractivity contribution in [3.63, 3.8) is 0 Å². The van der Waals surface area contributed by atoms with Gasteiger partial charge >= 0.3 is 10.4 Å². The number of nitrogen functional groups attached to an aromatic ring is 1. The molecule has 1 amide bonds. The molecule has 0 aliphatic heterocycles. The molecule has 110 valence electrons. The molecule has 0 aromatic heterocycles. The van der Waals surface area contributed by atoms with Crippen LogP contribution in [0.15, 0.2) is 48.5 Å². The largest absolute Gasteiger partial charge is 0.446 e. The Morgan fingerprint density at radius 2 is 1.81 bits per heavy atom. The van der Waals surface area contributed by atoms with Gasteiger partial charge in [-0.15, -0.1) is 0 Å². The van der Waals surface area contributed by atoms with Crippen molar-refractivity contribution >= 4 is 27.7 Å². The molecular weight excluding hydrogens is 296 g/mol. The topological polar surface area (TPSA) is 119 Å². The molecule has 2 rings (SSSR count). The van der Waals surface area contributed by atoms with Gasteiger partial charge in [0, 0.05) is 17.3 Å². The Morgan fingerprint density at radius 3 is 2.43 bits per heavy atom. The zero-order valence-electron chi connectivity index (χ0n) is 10.7. The van der Waals surface area contributed by atoms with Crippen molar-refractivity contribution in [2.24, 2.45) is 0 Å². The molecule has 0 radical (unpaired) electrons. The van der Waals surface area contributed by atoms with Gasteiger partial charge in [-0.05, 0) is 24.3 Å². The summed E-state index contributed by atoms with van der Waals surface area (Å²) in [6.07, 6.45) is 0. The Kier molecular flexibility index (Phi) is 4.10. The van der Waals surface area contributed by atoms with Gasteiger partial charge in [0.2, 0.25) is 0 Å². The molecule has 0 spiro atoms. The smallest absolute Gasteiger partial charge is 0.396 e. The molecule has 0 fully saturated rings. The first kappa shape index (κ1) is 14.8. The molecule has 4 N–H and O–H groups in total.